The fraction of sp³-hybridized carbons (Fsp3) is 0.417. The Kier molecular flexibility index (Phi) is 4.63. The lowest BCUT2D eigenvalue weighted by atomic mass is 10.0. The Morgan fingerprint density at radius 2 is 2.12 bits per heavy atom. The molecule has 0 saturated carbocycles. The van der Waals surface area contributed by atoms with E-state index in [9.17, 15) is 4.79 Å². The molecule has 0 fully saturated rings. The van der Waals surface area contributed by atoms with Crippen LogP contribution in [0.5, 0.6) is 5.75 Å². The van der Waals surface area contributed by atoms with E-state index in [1.165, 1.54) is 0 Å². The number of carbonyl (C=O) groups is 1. The van der Waals surface area contributed by atoms with E-state index in [1.807, 2.05) is 13.8 Å². The van der Waals surface area contributed by atoms with Crippen LogP contribution in [0.4, 0.5) is 5.69 Å². The van der Waals surface area contributed by atoms with Gasteiger partial charge in [0.15, 0.2) is 0 Å². The second-order valence-electron chi connectivity index (χ2n) is 4.05. The summed E-state index contributed by atoms with van der Waals surface area (Å²) in [6.45, 7) is 3.67. The molecule has 0 aliphatic heterocycles. The SMILES string of the molecule is COc1ccc(Cl)c(NC(C(=O)O)C(C)C)c1. The molecule has 0 aromatic heterocycles. The van der Waals surface area contributed by atoms with E-state index in [2.05, 4.69) is 5.32 Å². The molecule has 4 nitrogen and oxygen atoms in total. The van der Waals surface area contributed by atoms with Crippen molar-refractivity contribution in [2.24, 2.45) is 5.92 Å². The summed E-state index contributed by atoms with van der Waals surface area (Å²) in [5.41, 5.74) is 0.562. The average molecular weight is 258 g/mol. The monoisotopic (exact) mass is 257 g/mol. The standard InChI is InChI=1S/C12H16ClNO3/c1-7(2)11(12(15)16)14-10-6-8(17-3)4-5-9(10)13/h4-7,11,14H,1-3H3,(H,15,16). The Balaban J connectivity index is 2.96. The third kappa shape index (κ3) is 3.53. The molecule has 1 aromatic rings. The lowest BCUT2D eigenvalue weighted by molar-refractivity contribution is -0.138. The minimum atomic E-state index is -0.904. The van der Waals surface area contributed by atoms with Crippen LogP contribution in [0.15, 0.2) is 18.2 Å². The van der Waals surface area contributed by atoms with Crippen molar-refractivity contribution in [3.63, 3.8) is 0 Å². The Labute approximate surface area is 106 Å². The van der Waals surface area contributed by atoms with E-state index in [0.29, 0.717) is 16.5 Å². The van der Waals surface area contributed by atoms with Gasteiger partial charge in [0.25, 0.3) is 0 Å². The molecule has 0 saturated heterocycles. The Morgan fingerprint density at radius 1 is 1.47 bits per heavy atom. The molecule has 2 N–H and O–H groups in total. The smallest absolute Gasteiger partial charge is 0.326 e. The fourth-order valence-corrected chi connectivity index (χ4v) is 1.60. The van der Waals surface area contributed by atoms with Gasteiger partial charge in [-0.1, -0.05) is 25.4 Å². The zero-order chi connectivity index (χ0) is 13.0. The van der Waals surface area contributed by atoms with Crippen LogP contribution in [0.3, 0.4) is 0 Å². The van der Waals surface area contributed by atoms with Crippen LogP contribution in [0, 0.1) is 5.92 Å². The molecular weight excluding hydrogens is 242 g/mol. The Morgan fingerprint density at radius 3 is 2.59 bits per heavy atom. The number of benzene rings is 1. The number of halogens is 1. The largest absolute Gasteiger partial charge is 0.497 e. The summed E-state index contributed by atoms with van der Waals surface area (Å²) < 4.78 is 5.07. The number of anilines is 1. The normalized spacial score (nSPS) is 12.3. The number of hydrogen-bond acceptors (Lipinski definition) is 3. The summed E-state index contributed by atoms with van der Waals surface area (Å²) in [6.07, 6.45) is 0. The van der Waals surface area contributed by atoms with Gasteiger partial charge in [-0.25, -0.2) is 4.79 Å². The molecule has 0 heterocycles. The van der Waals surface area contributed by atoms with Crippen LogP contribution in [-0.2, 0) is 4.79 Å². The number of carboxylic acids is 1. The van der Waals surface area contributed by atoms with Gasteiger partial charge in [-0.15, -0.1) is 0 Å². The molecule has 0 radical (unpaired) electrons. The summed E-state index contributed by atoms with van der Waals surface area (Å²) >= 11 is 6.00. The summed E-state index contributed by atoms with van der Waals surface area (Å²) in [4.78, 5) is 11.1. The minimum Gasteiger partial charge on any atom is -0.497 e. The van der Waals surface area contributed by atoms with Crippen molar-refractivity contribution in [3.8, 4) is 5.75 Å². The molecule has 1 unspecified atom stereocenters. The number of carboxylic acid groups (broad SMARTS) is 1. The molecule has 1 aromatic carbocycles. The highest BCUT2D eigenvalue weighted by molar-refractivity contribution is 6.33. The van der Waals surface area contributed by atoms with Gasteiger partial charge in [0.1, 0.15) is 11.8 Å². The quantitative estimate of drug-likeness (QED) is 0.852. The molecule has 0 bridgehead atoms. The maximum Gasteiger partial charge on any atom is 0.326 e. The van der Waals surface area contributed by atoms with E-state index >= 15 is 0 Å². The molecule has 5 heteroatoms. The lowest BCUT2D eigenvalue weighted by Crippen LogP contribution is -2.34. The molecule has 17 heavy (non-hydrogen) atoms. The van der Waals surface area contributed by atoms with Gasteiger partial charge in [-0.3, -0.25) is 0 Å². The van der Waals surface area contributed by atoms with E-state index in [-0.39, 0.29) is 5.92 Å². The first-order valence-corrected chi connectivity index (χ1v) is 5.66. The molecular formula is C12H16ClNO3. The second-order valence-corrected chi connectivity index (χ2v) is 4.46. The Hall–Kier alpha value is -1.42. The highest BCUT2D eigenvalue weighted by Gasteiger charge is 2.22. The molecule has 1 rings (SSSR count). The van der Waals surface area contributed by atoms with Gasteiger partial charge in [0, 0.05) is 6.07 Å². The number of rotatable bonds is 5. The predicted octanol–water partition coefficient (Wildman–Crippen LogP) is 2.87. The maximum absolute atomic E-state index is 11.1. The van der Waals surface area contributed by atoms with E-state index in [1.54, 1.807) is 25.3 Å². The number of nitrogens with one attached hydrogen (secondary N) is 1. The molecule has 0 spiro atoms. The van der Waals surface area contributed by atoms with Gasteiger partial charge in [0.2, 0.25) is 0 Å². The number of aliphatic carboxylic acids is 1. The van der Waals surface area contributed by atoms with Crippen LogP contribution >= 0.6 is 11.6 Å². The Bertz CT molecular complexity index is 407. The van der Waals surface area contributed by atoms with E-state index in [0.717, 1.165) is 0 Å². The summed E-state index contributed by atoms with van der Waals surface area (Å²) in [7, 11) is 1.55. The molecule has 94 valence electrons. The third-order valence-corrected chi connectivity index (χ3v) is 2.75. The van der Waals surface area contributed by atoms with Crippen molar-refractivity contribution in [1.29, 1.82) is 0 Å². The molecule has 0 aliphatic rings. The van der Waals surface area contributed by atoms with Crippen molar-refractivity contribution < 1.29 is 14.6 Å². The average Bonchev–Trinajstić information content (AvgIpc) is 2.27. The van der Waals surface area contributed by atoms with Gasteiger partial charge in [0.05, 0.1) is 17.8 Å². The van der Waals surface area contributed by atoms with Crippen molar-refractivity contribution >= 4 is 23.3 Å². The summed E-state index contributed by atoms with van der Waals surface area (Å²) in [5, 5.41) is 12.5. The molecule has 0 amide bonds. The highest BCUT2D eigenvalue weighted by Crippen LogP contribution is 2.28. The fourth-order valence-electron chi connectivity index (χ4n) is 1.42. The second kappa shape index (κ2) is 5.77. The van der Waals surface area contributed by atoms with Gasteiger partial charge < -0.3 is 15.2 Å². The van der Waals surface area contributed by atoms with Crippen LogP contribution in [0.25, 0.3) is 0 Å². The van der Waals surface area contributed by atoms with Crippen molar-refractivity contribution in [2.75, 3.05) is 12.4 Å². The molecule has 0 aliphatic carbocycles. The van der Waals surface area contributed by atoms with Gasteiger partial charge in [-0.2, -0.15) is 0 Å². The van der Waals surface area contributed by atoms with Crippen molar-refractivity contribution in [3.05, 3.63) is 23.2 Å². The first-order chi connectivity index (χ1) is 7.95. The van der Waals surface area contributed by atoms with Crippen LogP contribution in [0.2, 0.25) is 5.02 Å². The maximum atomic E-state index is 11.1. The minimum absolute atomic E-state index is 0.0465. The van der Waals surface area contributed by atoms with Crippen LogP contribution < -0.4 is 10.1 Å². The highest BCUT2D eigenvalue weighted by atomic mass is 35.5. The van der Waals surface area contributed by atoms with E-state index in [4.69, 9.17) is 21.4 Å². The zero-order valence-electron chi connectivity index (χ0n) is 10.0. The van der Waals surface area contributed by atoms with E-state index < -0.39 is 12.0 Å². The number of hydrogen-bond donors (Lipinski definition) is 2. The topological polar surface area (TPSA) is 58.6 Å². The number of methoxy groups -OCH3 is 1. The summed E-state index contributed by atoms with van der Waals surface area (Å²) in [6, 6.07) is 4.39. The third-order valence-electron chi connectivity index (χ3n) is 2.42. The molecule has 1 atom stereocenters. The zero-order valence-corrected chi connectivity index (χ0v) is 10.8. The number of ether oxygens (including phenoxy) is 1. The van der Waals surface area contributed by atoms with Crippen molar-refractivity contribution in [1.82, 2.24) is 0 Å². The van der Waals surface area contributed by atoms with Crippen LogP contribution in [-0.4, -0.2) is 24.2 Å². The first kappa shape index (κ1) is 13.6. The lowest BCUT2D eigenvalue weighted by Gasteiger charge is -2.20. The summed E-state index contributed by atoms with van der Waals surface area (Å²) in [5.74, 6) is -0.321. The van der Waals surface area contributed by atoms with Crippen molar-refractivity contribution in [2.45, 2.75) is 19.9 Å². The van der Waals surface area contributed by atoms with Gasteiger partial charge >= 0.3 is 5.97 Å². The predicted molar refractivity (Wildman–Crippen MR) is 67.9 cm³/mol. The van der Waals surface area contributed by atoms with Gasteiger partial charge in [-0.05, 0) is 18.1 Å². The van der Waals surface area contributed by atoms with Crippen LogP contribution in [0.1, 0.15) is 13.8 Å². The first-order valence-electron chi connectivity index (χ1n) is 5.28.